The fourth-order valence-electron chi connectivity index (χ4n) is 3.18. The van der Waals surface area contributed by atoms with Crippen molar-refractivity contribution in [1.29, 1.82) is 0 Å². The van der Waals surface area contributed by atoms with E-state index in [4.69, 9.17) is 11.6 Å². The number of benzene rings is 2. The van der Waals surface area contributed by atoms with Gasteiger partial charge in [-0.15, -0.1) is 11.3 Å². The third kappa shape index (κ3) is 4.73. The molecule has 1 unspecified atom stereocenters. The zero-order valence-corrected chi connectivity index (χ0v) is 18.8. The van der Waals surface area contributed by atoms with Crippen molar-refractivity contribution in [2.24, 2.45) is 5.92 Å². The number of amides is 1. The molecule has 7 nitrogen and oxygen atoms in total. The van der Waals surface area contributed by atoms with Crippen molar-refractivity contribution in [3.63, 3.8) is 0 Å². The highest BCUT2D eigenvalue weighted by Gasteiger charge is 2.18. The zero-order chi connectivity index (χ0) is 22.0. The van der Waals surface area contributed by atoms with Gasteiger partial charge in [-0.1, -0.05) is 30.7 Å². The molecule has 1 amide bonds. The van der Waals surface area contributed by atoms with E-state index in [-0.39, 0.29) is 16.7 Å². The van der Waals surface area contributed by atoms with Crippen molar-refractivity contribution in [3.8, 4) is 0 Å². The highest BCUT2D eigenvalue weighted by molar-refractivity contribution is 7.93. The summed E-state index contributed by atoms with van der Waals surface area (Å²) in [5.74, 6) is -0.507. The molecule has 4 rings (SSSR count). The number of fused-ring (bicyclic) bond motifs is 1. The van der Waals surface area contributed by atoms with Gasteiger partial charge in [0.1, 0.15) is 0 Å². The van der Waals surface area contributed by atoms with Gasteiger partial charge in [0.05, 0.1) is 21.4 Å². The van der Waals surface area contributed by atoms with Crippen LogP contribution in [0, 0.1) is 5.92 Å². The maximum atomic E-state index is 12.7. The Morgan fingerprint density at radius 1 is 1.19 bits per heavy atom. The van der Waals surface area contributed by atoms with Gasteiger partial charge in [-0.3, -0.25) is 9.52 Å². The monoisotopic (exact) mass is 474 g/mol. The average molecular weight is 475 g/mol. The van der Waals surface area contributed by atoms with Crippen molar-refractivity contribution in [1.82, 2.24) is 9.55 Å². The van der Waals surface area contributed by atoms with Crippen molar-refractivity contribution in [2.45, 2.75) is 18.4 Å². The van der Waals surface area contributed by atoms with Gasteiger partial charge in [-0.2, -0.15) is 0 Å². The maximum Gasteiger partial charge on any atom is 0.263 e. The third-order valence-electron chi connectivity index (χ3n) is 4.74. The molecule has 4 aromatic rings. The summed E-state index contributed by atoms with van der Waals surface area (Å²) in [6.07, 6.45) is 3.43. The SMILES string of the molecule is CC(Cn1ccc2cccc(Cl)c21)C(=O)Nc1ccc(S(=O)(=O)Nc2nccs2)cc1. The molecule has 31 heavy (non-hydrogen) atoms. The Labute approximate surface area is 188 Å². The predicted octanol–water partition coefficient (Wildman–Crippen LogP) is 4.83. The minimum atomic E-state index is -3.73. The molecule has 0 saturated carbocycles. The van der Waals surface area contributed by atoms with Crippen LogP contribution in [0.25, 0.3) is 10.9 Å². The Morgan fingerprint density at radius 2 is 1.97 bits per heavy atom. The number of halogens is 1. The number of thiazole rings is 1. The molecule has 160 valence electrons. The van der Waals surface area contributed by atoms with Gasteiger partial charge < -0.3 is 9.88 Å². The van der Waals surface area contributed by atoms with Crippen LogP contribution in [0.2, 0.25) is 5.02 Å². The van der Waals surface area contributed by atoms with Gasteiger partial charge in [-0.25, -0.2) is 13.4 Å². The molecule has 2 N–H and O–H groups in total. The standard InChI is InChI=1S/C21H19ClN4O3S2/c1-14(13-26-11-9-15-3-2-4-18(22)19(15)26)20(27)24-16-5-7-17(8-6-16)31(28,29)25-21-23-10-12-30-21/h2-12,14H,13H2,1H3,(H,23,25)(H,24,27). The number of anilines is 2. The van der Waals surface area contributed by atoms with Crippen LogP contribution in [0.3, 0.4) is 0 Å². The normalized spacial score (nSPS) is 12.6. The first-order valence-corrected chi connectivity index (χ1v) is 12.1. The minimum Gasteiger partial charge on any atom is -0.345 e. The molecule has 0 radical (unpaired) electrons. The molecule has 0 aliphatic heterocycles. The Balaban J connectivity index is 1.42. The summed E-state index contributed by atoms with van der Waals surface area (Å²) in [5, 5.41) is 6.46. The molecule has 1 atom stereocenters. The van der Waals surface area contributed by atoms with Gasteiger partial charge in [0, 0.05) is 35.4 Å². The second-order valence-corrected chi connectivity index (χ2v) is 9.99. The Bertz CT molecular complexity index is 1320. The van der Waals surface area contributed by atoms with Crippen LogP contribution in [0.1, 0.15) is 6.92 Å². The molecule has 0 saturated heterocycles. The lowest BCUT2D eigenvalue weighted by molar-refractivity contribution is -0.119. The van der Waals surface area contributed by atoms with E-state index in [0.717, 1.165) is 10.9 Å². The Kier molecular flexibility index (Phi) is 5.99. The number of rotatable bonds is 7. The molecular weight excluding hydrogens is 456 g/mol. The van der Waals surface area contributed by atoms with Gasteiger partial charge in [0.25, 0.3) is 10.0 Å². The quantitative estimate of drug-likeness (QED) is 0.401. The zero-order valence-electron chi connectivity index (χ0n) is 16.4. The molecule has 0 spiro atoms. The average Bonchev–Trinajstić information content (AvgIpc) is 3.39. The summed E-state index contributed by atoms with van der Waals surface area (Å²) >= 11 is 7.51. The van der Waals surface area contributed by atoms with E-state index < -0.39 is 10.0 Å². The van der Waals surface area contributed by atoms with E-state index in [1.54, 1.807) is 17.5 Å². The van der Waals surface area contributed by atoms with Crippen LogP contribution in [0.5, 0.6) is 0 Å². The largest absolute Gasteiger partial charge is 0.345 e. The summed E-state index contributed by atoms with van der Waals surface area (Å²) in [6, 6.07) is 13.6. The summed E-state index contributed by atoms with van der Waals surface area (Å²) in [4.78, 5) is 16.7. The second kappa shape index (κ2) is 8.70. The molecule has 10 heteroatoms. The van der Waals surface area contributed by atoms with Crippen LogP contribution in [-0.4, -0.2) is 23.9 Å². The molecule has 2 aromatic carbocycles. The molecule has 2 aromatic heterocycles. The maximum absolute atomic E-state index is 12.7. The number of hydrogen-bond donors (Lipinski definition) is 2. The van der Waals surface area contributed by atoms with E-state index >= 15 is 0 Å². The first kappa shape index (κ1) is 21.4. The van der Waals surface area contributed by atoms with Crippen molar-refractivity contribution in [3.05, 3.63) is 71.3 Å². The lowest BCUT2D eigenvalue weighted by atomic mass is 10.1. The van der Waals surface area contributed by atoms with Crippen LogP contribution < -0.4 is 10.0 Å². The Hall–Kier alpha value is -2.88. The van der Waals surface area contributed by atoms with Crippen LogP contribution in [-0.2, 0) is 21.4 Å². The lowest BCUT2D eigenvalue weighted by Crippen LogP contribution is -2.24. The van der Waals surface area contributed by atoms with Crippen LogP contribution >= 0.6 is 22.9 Å². The van der Waals surface area contributed by atoms with Gasteiger partial charge in [-0.05, 0) is 36.4 Å². The number of sulfonamides is 1. The molecule has 0 aliphatic rings. The van der Waals surface area contributed by atoms with Crippen molar-refractivity contribution >= 4 is 60.6 Å². The number of para-hydroxylation sites is 1. The van der Waals surface area contributed by atoms with Crippen LogP contribution in [0.15, 0.2) is 71.2 Å². The van der Waals surface area contributed by atoms with Gasteiger partial charge in [0.2, 0.25) is 5.91 Å². The molecular formula is C21H19ClN4O3S2. The smallest absolute Gasteiger partial charge is 0.263 e. The molecule has 0 bridgehead atoms. The molecule has 2 heterocycles. The molecule has 0 fully saturated rings. The first-order valence-electron chi connectivity index (χ1n) is 9.40. The highest BCUT2D eigenvalue weighted by atomic mass is 35.5. The van der Waals surface area contributed by atoms with Gasteiger partial charge >= 0.3 is 0 Å². The highest BCUT2D eigenvalue weighted by Crippen LogP contribution is 2.25. The summed E-state index contributed by atoms with van der Waals surface area (Å²) < 4.78 is 29.2. The number of carbonyl (C=O) groups is 1. The summed E-state index contributed by atoms with van der Waals surface area (Å²) in [6.45, 7) is 2.29. The van der Waals surface area contributed by atoms with Crippen molar-refractivity contribution in [2.75, 3.05) is 10.0 Å². The lowest BCUT2D eigenvalue weighted by Gasteiger charge is -2.15. The minimum absolute atomic E-state index is 0.0854. The van der Waals surface area contributed by atoms with Crippen molar-refractivity contribution < 1.29 is 13.2 Å². The number of hydrogen-bond acceptors (Lipinski definition) is 5. The third-order valence-corrected chi connectivity index (χ3v) is 7.22. The number of carbonyl (C=O) groups excluding carboxylic acids is 1. The van der Waals surface area contributed by atoms with Crippen LogP contribution in [0.4, 0.5) is 10.8 Å². The predicted molar refractivity (Wildman–Crippen MR) is 124 cm³/mol. The van der Waals surface area contributed by atoms with E-state index in [0.29, 0.717) is 22.4 Å². The van der Waals surface area contributed by atoms with E-state index in [9.17, 15) is 13.2 Å². The van der Waals surface area contributed by atoms with Gasteiger partial charge in [0.15, 0.2) is 5.13 Å². The number of aromatic nitrogens is 2. The number of nitrogens with one attached hydrogen (secondary N) is 2. The number of nitrogens with zero attached hydrogens (tertiary/aromatic N) is 2. The topological polar surface area (TPSA) is 93.1 Å². The fourth-order valence-corrected chi connectivity index (χ4v) is 5.25. The summed E-state index contributed by atoms with van der Waals surface area (Å²) in [7, 11) is -3.73. The molecule has 0 aliphatic carbocycles. The van der Waals surface area contributed by atoms with E-state index in [1.165, 1.54) is 29.7 Å². The van der Waals surface area contributed by atoms with E-state index in [1.807, 2.05) is 42.0 Å². The summed E-state index contributed by atoms with van der Waals surface area (Å²) in [5.41, 5.74) is 1.41. The van der Waals surface area contributed by atoms with E-state index in [2.05, 4.69) is 15.0 Å². The second-order valence-electron chi connectivity index (χ2n) is 7.00. The fraction of sp³-hybridized carbons (Fsp3) is 0.143. The Morgan fingerprint density at radius 3 is 2.68 bits per heavy atom. The first-order chi connectivity index (χ1) is 14.8.